The Bertz CT molecular complexity index is 1360. The highest BCUT2D eigenvalue weighted by Gasteiger charge is 2.36. The number of nitrogens with zero attached hydrogens (tertiary/aromatic N) is 5. The summed E-state index contributed by atoms with van der Waals surface area (Å²) in [4.78, 5) is 21.0. The molecule has 0 saturated heterocycles. The fraction of sp³-hybridized carbons (Fsp3) is 0.0870. The topological polar surface area (TPSA) is 86.7 Å². The lowest BCUT2D eigenvalue weighted by Gasteiger charge is -2.20. The van der Waals surface area contributed by atoms with Crippen LogP contribution in [0.1, 0.15) is 22.5 Å². The van der Waals surface area contributed by atoms with Crippen LogP contribution in [0.5, 0.6) is 0 Å². The second kappa shape index (κ2) is 7.69. The van der Waals surface area contributed by atoms with Crippen LogP contribution in [-0.2, 0) is 4.79 Å². The Balaban J connectivity index is 1.51. The van der Waals surface area contributed by atoms with Gasteiger partial charge in [0.1, 0.15) is 10.9 Å². The van der Waals surface area contributed by atoms with E-state index in [0.29, 0.717) is 10.2 Å². The Kier molecular flexibility index (Phi) is 4.82. The van der Waals surface area contributed by atoms with E-state index in [1.807, 2.05) is 30.5 Å². The van der Waals surface area contributed by atoms with Crippen molar-refractivity contribution < 1.29 is 9.18 Å². The number of hydrogen-bond donors (Lipinski definition) is 1. The first-order chi connectivity index (χ1) is 15.4. The van der Waals surface area contributed by atoms with Crippen LogP contribution in [0, 0.1) is 25.1 Å². The summed E-state index contributed by atoms with van der Waals surface area (Å²) < 4.78 is 15.3. The predicted molar refractivity (Wildman–Crippen MR) is 124 cm³/mol. The van der Waals surface area contributed by atoms with E-state index in [4.69, 9.17) is 5.41 Å². The number of hydrogen-bond acceptors (Lipinski definition) is 5. The van der Waals surface area contributed by atoms with E-state index in [9.17, 15) is 9.18 Å². The van der Waals surface area contributed by atoms with Gasteiger partial charge in [0, 0.05) is 35.0 Å². The summed E-state index contributed by atoms with van der Waals surface area (Å²) >= 11 is 1.23. The predicted octanol–water partition coefficient (Wildman–Crippen LogP) is 4.30. The summed E-state index contributed by atoms with van der Waals surface area (Å²) in [6.07, 6.45) is 5.01. The van der Waals surface area contributed by atoms with E-state index in [1.54, 1.807) is 36.7 Å². The fourth-order valence-corrected chi connectivity index (χ4v) is 4.56. The van der Waals surface area contributed by atoms with Crippen molar-refractivity contribution in [3.63, 3.8) is 0 Å². The van der Waals surface area contributed by atoms with Gasteiger partial charge in [-0.2, -0.15) is 15.1 Å². The fourth-order valence-electron chi connectivity index (χ4n) is 3.67. The van der Waals surface area contributed by atoms with Gasteiger partial charge in [-0.3, -0.25) is 15.2 Å². The first kappa shape index (κ1) is 20.1. The molecule has 3 aromatic rings. The number of thioether (sulfide) groups is 1. The van der Waals surface area contributed by atoms with Crippen molar-refractivity contribution in [3.8, 4) is 5.69 Å². The van der Waals surface area contributed by atoms with Crippen LogP contribution < -0.4 is 0 Å². The highest BCUT2D eigenvalue weighted by atomic mass is 32.2. The van der Waals surface area contributed by atoms with Crippen LogP contribution in [0.4, 0.5) is 4.39 Å². The van der Waals surface area contributed by atoms with Crippen molar-refractivity contribution in [2.24, 2.45) is 10.1 Å². The van der Waals surface area contributed by atoms with Crippen LogP contribution in [0.2, 0.25) is 0 Å². The van der Waals surface area contributed by atoms with Crippen LogP contribution in [0.25, 0.3) is 11.8 Å². The lowest BCUT2D eigenvalue weighted by molar-refractivity contribution is -0.114. The van der Waals surface area contributed by atoms with Gasteiger partial charge in [-0.15, -0.1) is 0 Å². The third-order valence-corrected chi connectivity index (χ3v) is 6.18. The number of fused-ring (bicyclic) bond motifs is 1. The number of carbonyl (C=O) groups excluding carboxylic acids is 1. The van der Waals surface area contributed by atoms with Gasteiger partial charge in [-0.05, 0) is 79.7 Å². The number of carbonyl (C=O) groups is 1. The number of amides is 1. The molecule has 1 N–H and O–H groups in total. The maximum Gasteiger partial charge on any atom is 0.283 e. The Morgan fingerprint density at radius 3 is 2.66 bits per heavy atom. The molecule has 0 saturated carbocycles. The second-order valence-electron chi connectivity index (χ2n) is 7.31. The molecule has 0 radical (unpaired) electrons. The molecule has 4 heterocycles. The molecular weight excluding hydrogens is 427 g/mol. The minimum atomic E-state index is -0.483. The molecule has 1 amide bonds. The van der Waals surface area contributed by atoms with Crippen molar-refractivity contribution in [2.75, 3.05) is 0 Å². The van der Waals surface area contributed by atoms with E-state index >= 15 is 0 Å². The van der Waals surface area contributed by atoms with Crippen LogP contribution in [0.15, 0.2) is 70.5 Å². The molecule has 5 rings (SSSR count). The van der Waals surface area contributed by atoms with Crippen molar-refractivity contribution in [2.45, 2.75) is 13.8 Å². The summed E-state index contributed by atoms with van der Waals surface area (Å²) in [6, 6.07) is 11.8. The maximum absolute atomic E-state index is 13.3. The van der Waals surface area contributed by atoms with Crippen molar-refractivity contribution in [3.05, 3.63) is 88.8 Å². The van der Waals surface area contributed by atoms with Gasteiger partial charge in [0.15, 0.2) is 5.84 Å². The second-order valence-corrected chi connectivity index (χ2v) is 8.26. The average molecular weight is 444 g/mol. The molecule has 0 atom stereocenters. The van der Waals surface area contributed by atoms with E-state index in [0.717, 1.165) is 28.2 Å². The van der Waals surface area contributed by atoms with Gasteiger partial charge >= 0.3 is 0 Å². The molecule has 0 bridgehead atoms. The van der Waals surface area contributed by atoms with Gasteiger partial charge in [0.25, 0.3) is 5.91 Å². The minimum absolute atomic E-state index is 0.0297. The number of benzene rings is 1. The summed E-state index contributed by atoms with van der Waals surface area (Å²) in [7, 11) is 0. The van der Waals surface area contributed by atoms with Crippen LogP contribution in [0.3, 0.4) is 0 Å². The minimum Gasteiger partial charge on any atom is -0.318 e. The Morgan fingerprint density at radius 2 is 1.94 bits per heavy atom. The summed E-state index contributed by atoms with van der Waals surface area (Å²) in [5.41, 5.74) is 4.34. The monoisotopic (exact) mass is 444 g/mol. The summed E-state index contributed by atoms with van der Waals surface area (Å²) in [6.45, 7) is 3.85. The third-order valence-electron chi connectivity index (χ3n) is 5.22. The smallest absolute Gasteiger partial charge is 0.283 e. The number of hydrazone groups is 1. The molecule has 0 aliphatic carbocycles. The quantitative estimate of drug-likeness (QED) is 0.611. The average Bonchev–Trinajstić information content (AvgIpc) is 3.33. The molecule has 2 aliphatic rings. The van der Waals surface area contributed by atoms with Gasteiger partial charge in [-0.25, -0.2) is 4.39 Å². The normalized spacial score (nSPS) is 17.0. The molecule has 158 valence electrons. The molecule has 0 unspecified atom stereocenters. The molecule has 2 aromatic heterocycles. The number of rotatable bonds is 3. The molecule has 2 aliphatic heterocycles. The molecular formula is C23H17FN6OS. The molecule has 0 fully saturated rings. The Labute approximate surface area is 187 Å². The number of pyridine rings is 1. The van der Waals surface area contributed by atoms with Crippen molar-refractivity contribution in [1.82, 2.24) is 14.6 Å². The van der Waals surface area contributed by atoms with E-state index in [2.05, 4.69) is 15.1 Å². The lowest BCUT2D eigenvalue weighted by atomic mass is 10.1. The highest BCUT2D eigenvalue weighted by Crippen LogP contribution is 2.31. The first-order valence-electron chi connectivity index (χ1n) is 9.78. The number of aryl methyl sites for hydroxylation is 1. The van der Waals surface area contributed by atoms with Gasteiger partial charge in [0.05, 0.1) is 5.57 Å². The van der Waals surface area contributed by atoms with Crippen molar-refractivity contribution in [1.29, 1.82) is 5.41 Å². The first-order valence-corrected chi connectivity index (χ1v) is 10.6. The number of aliphatic imine (C=N–C) groups is 1. The Hall–Kier alpha value is -3.85. The van der Waals surface area contributed by atoms with Crippen LogP contribution in [-0.4, -0.2) is 36.5 Å². The number of nitrogens with one attached hydrogen (secondary N) is 1. The summed E-state index contributed by atoms with van der Waals surface area (Å²) in [5.74, 6) is -0.816. The van der Waals surface area contributed by atoms with Gasteiger partial charge in [0.2, 0.25) is 5.17 Å². The molecule has 32 heavy (non-hydrogen) atoms. The highest BCUT2D eigenvalue weighted by molar-refractivity contribution is 8.27. The molecule has 7 nitrogen and oxygen atoms in total. The molecule has 0 spiro atoms. The lowest BCUT2D eigenvalue weighted by Crippen LogP contribution is -2.35. The van der Waals surface area contributed by atoms with E-state index in [-0.39, 0.29) is 17.2 Å². The van der Waals surface area contributed by atoms with Gasteiger partial charge in [-0.1, -0.05) is 0 Å². The number of aromatic nitrogens is 2. The molecule has 1 aromatic carbocycles. The SMILES string of the molecule is Cc1cc(/C=C2/C(=N)N3N=C(c4cccnc4)SC3=NC2=O)c(C)n1-c1ccc(F)cc1. The Morgan fingerprint density at radius 1 is 1.16 bits per heavy atom. The zero-order valence-corrected chi connectivity index (χ0v) is 18.0. The number of amidine groups is 2. The standard InChI is InChI=1S/C23H17FN6OS/c1-13-10-16(14(2)29(13)18-7-5-17(24)6-8-18)11-19-20(25)30-23(27-21(19)31)32-22(28-30)15-4-3-9-26-12-15/h3-12,25H,1-2H3/b19-11-,25-20?. The van der Waals surface area contributed by atoms with Crippen LogP contribution >= 0.6 is 11.8 Å². The molecule has 9 heteroatoms. The van der Waals surface area contributed by atoms with E-state index < -0.39 is 5.91 Å². The van der Waals surface area contributed by atoms with Crippen molar-refractivity contribution >= 4 is 39.8 Å². The maximum atomic E-state index is 13.3. The summed E-state index contributed by atoms with van der Waals surface area (Å²) in [5, 5.41) is 15.4. The number of halogens is 1. The zero-order valence-electron chi connectivity index (χ0n) is 17.2. The van der Waals surface area contributed by atoms with E-state index in [1.165, 1.54) is 28.9 Å². The largest absolute Gasteiger partial charge is 0.318 e. The zero-order chi connectivity index (χ0) is 22.4. The van der Waals surface area contributed by atoms with Gasteiger partial charge < -0.3 is 4.57 Å². The third kappa shape index (κ3) is 3.36.